The molecule has 0 aliphatic carbocycles. The highest BCUT2D eigenvalue weighted by Crippen LogP contribution is 2.45. The fraction of sp³-hybridized carbons (Fsp3) is 0.444. The van der Waals surface area contributed by atoms with Gasteiger partial charge in [-0.3, -0.25) is 0 Å². The molecule has 150 valence electrons. The minimum absolute atomic E-state index is 0.550. The summed E-state index contributed by atoms with van der Waals surface area (Å²) < 4.78 is 5.19. The van der Waals surface area contributed by atoms with E-state index in [1.807, 2.05) is 0 Å². The molecule has 0 unspecified atom stereocenters. The molecule has 0 fully saturated rings. The van der Waals surface area contributed by atoms with Crippen molar-refractivity contribution >= 4 is 0 Å². The van der Waals surface area contributed by atoms with Gasteiger partial charge in [0, 0.05) is 23.5 Å². The van der Waals surface area contributed by atoms with Gasteiger partial charge < -0.3 is 0 Å². The van der Waals surface area contributed by atoms with Crippen LogP contribution in [-0.4, -0.2) is 4.57 Å². The number of hydrogen-bond acceptors (Lipinski definition) is 0. The Hall–Kier alpha value is -2.35. The third-order valence-corrected chi connectivity index (χ3v) is 6.73. The molecule has 1 aromatic heterocycles. The Morgan fingerprint density at radius 3 is 2.34 bits per heavy atom. The van der Waals surface area contributed by atoms with Crippen LogP contribution in [0.3, 0.4) is 0 Å². The fourth-order valence-electron chi connectivity index (χ4n) is 5.69. The van der Waals surface area contributed by atoms with Crippen LogP contribution in [0.5, 0.6) is 0 Å². The second-order valence-corrected chi connectivity index (χ2v) is 9.93. The van der Waals surface area contributed by atoms with Gasteiger partial charge >= 0.3 is 0 Å². The number of nitrogens with zero attached hydrogens (tertiary/aromatic N) is 2. The average molecular weight is 386 g/mol. The fourth-order valence-corrected chi connectivity index (χ4v) is 5.69. The zero-order chi connectivity index (χ0) is 20.1. The summed E-state index contributed by atoms with van der Waals surface area (Å²) in [6.07, 6.45) is 6.06. The van der Waals surface area contributed by atoms with Crippen molar-refractivity contribution in [1.29, 1.82) is 0 Å². The van der Waals surface area contributed by atoms with Crippen molar-refractivity contribution in [3.05, 3.63) is 66.0 Å². The van der Waals surface area contributed by atoms with Gasteiger partial charge in [-0.15, -0.1) is 0 Å². The molecule has 0 radical (unpaired) electrons. The highest BCUT2D eigenvalue weighted by atomic mass is 15.2. The van der Waals surface area contributed by atoms with E-state index < -0.39 is 0 Å². The third-order valence-electron chi connectivity index (χ3n) is 6.73. The maximum absolute atomic E-state index is 2.62. The normalized spacial score (nSPS) is 19.7. The number of benzene rings is 2. The van der Waals surface area contributed by atoms with Crippen molar-refractivity contribution in [2.75, 3.05) is 0 Å². The van der Waals surface area contributed by atoms with E-state index in [1.165, 1.54) is 40.9 Å². The standard InChI is InChI=1S/C27H33N2/c1-18(2)13-21-16-28-17-29-22(14-19(3)4)15-20-9-5-6-11-24(20)27(29)26(28)25-12-8-7-10-23(21)25/h5-12,17-19,21-22H,13-16H2,1-4H3/q+1/t21-,22+/m1/s1. The SMILES string of the molecule is CC(C)C[C@@H]1C[n+]2cn3c(c2-c2ccccc21)-c1ccccc1C[C@@H]3CC(C)C. The molecule has 2 nitrogen and oxygen atoms in total. The van der Waals surface area contributed by atoms with Gasteiger partial charge in [-0.1, -0.05) is 76.2 Å². The van der Waals surface area contributed by atoms with Gasteiger partial charge in [0.05, 0.1) is 6.54 Å². The molecule has 0 spiro atoms. The first kappa shape index (κ1) is 18.7. The molecular weight excluding hydrogens is 352 g/mol. The lowest BCUT2D eigenvalue weighted by Crippen LogP contribution is -2.41. The van der Waals surface area contributed by atoms with Crippen molar-refractivity contribution < 1.29 is 4.57 Å². The van der Waals surface area contributed by atoms with E-state index in [9.17, 15) is 0 Å². The Labute approximate surface area is 175 Å². The zero-order valence-electron chi connectivity index (χ0n) is 18.2. The van der Waals surface area contributed by atoms with Crippen LogP contribution in [0.4, 0.5) is 0 Å². The molecule has 0 bridgehead atoms. The molecule has 29 heavy (non-hydrogen) atoms. The highest BCUT2D eigenvalue weighted by molar-refractivity contribution is 5.81. The lowest BCUT2D eigenvalue weighted by molar-refractivity contribution is -0.691. The van der Waals surface area contributed by atoms with Crippen LogP contribution < -0.4 is 4.57 Å². The lowest BCUT2D eigenvalue weighted by Gasteiger charge is -2.26. The van der Waals surface area contributed by atoms with Crippen molar-refractivity contribution in [2.24, 2.45) is 11.8 Å². The largest absolute Gasteiger partial charge is 0.245 e. The summed E-state index contributed by atoms with van der Waals surface area (Å²) >= 11 is 0. The first-order valence-corrected chi connectivity index (χ1v) is 11.3. The molecule has 5 rings (SSSR count). The smallest absolute Gasteiger partial charge is 0.229 e. The molecule has 2 heteroatoms. The zero-order valence-corrected chi connectivity index (χ0v) is 18.2. The van der Waals surface area contributed by atoms with Crippen LogP contribution in [0.15, 0.2) is 54.9 Å². The molecule has 3 aromatic rings. The summed E-state index contributed by atoms with van der Waals surface area (Å²) in [7, 11) is 0. The van der Waals surface area contributed by atoms with E-state index >= 15 is 0 Å². The minimum atomic E-state index is 0.550. The maximum Gasteiger partial charge on any atom is 0.245 e. The molecule has 2 aliphatic heterocycles. The monoisotopic (exact) mass is 385 g/mol. The molecule has 2 atom stereocenters. The molecule has 0 N–H and O–H groups in total. The second kappa shape index (κ2) is 7.16. The van der Waals surface area contributed by atoms with Gasteiger partial charge in [0.2, 0.25) is 6.33 Å². The van der Waals surface area contributed by atoms with E-state index in [0.29, 0.717) is 23.8 Å². The van der Waals surface area contributed by atoms with Gasteiger partial charge in [0.1, 0.15) is 6.04 Å². The molecule has 0 saturated carbocycles. The van der Waals surface area contributed by atoms with E-state index in [1.54, 1.807) is 5.56 Å². The third kappa shape index (κ3) is 3.13. The summed E-state index contributed by atoms with van der Waals surface area (Å²) in [5, 5.41) is 0. The molecule has 0 saturated heterocycles. The van der Waals surface area contributed by atoms with Gasteiger partial charge in [-0.25, -0.2) is 9.13 Å². The maximum atomic E-state index is 2.62. The van der Waals surface area contributed by atoms with E-state index in [-0.39, 0.29) is 0 Å². The van der Waals surface area contributed by atoms with E-state index in [4.69, 9.17) is 0 Å². The van der Waals surface area contributed by atoms with Gasteiger partial charge in [0.25, 0.3) is 0 Å². The van der Waals surface area contributed by atoms with Crippen LogP contribution in [0, 0.1) is 11.8 Å². The Morgan fingerprint density at radius 2 is 1.59 bits per heavy atom. The molecule has 2 aliphatic rings. The van der Waals surface area contributed by atoms with Crippen LogP contribution in [0.1, 0.15) is 63.6 Å². The molecule has 3 heterocycles. The number of aromatic nitrogens is 2. The van der Waals surface area contributed by atoms with Crippen molar-refractivity contribution in [1.82, 2.24) is 4.57 Å². The minimum Gasteiger partial charge on any atom is -0.229 e. The first-order chi connectivity index (χ1) is 14.0. The molecular formula is C27H33N2+. The summed E-state index contributed by atoms with van der Waals surface area (Å²) in [5.74, 6) is 2.01. The predicted octanol–water partition coefficient (Wildman–Crippen LogP) is 6.40. The Bertz CT molecular complexity index is 1040. The van der Waals surface area contributed by atoms with Crippen LogP contribution in [0.25, 0.3) is 22.5 Å². The number of hydrogen-bond donors (Lipinski definition) is 0. The average Bonchev–Trinajstić information content (AvgIpc) is 3.07. The summed E-state index contributed by atoms with van der Waals surface area (Å²) in [6, 6.07) is 18.8. The number of fused-ring (bicyclic) bond motifs is 7. The number of rotatable bonds is 4. The highest BCUT2D eigenvalue weighted by Gasteiger charge is 2.39. The lowest BCUT2D eigenvalue weighted by atomic mass is 9.82. The Kier molecular flexibility index (Phi) is 4.61. The summed E-state index contributed by atoms with van der Waals surface area (Å²) in [6.45, 7) is 10.5. The molecule has 2 aromatic carbocycles. The van der Waals surface area contributed by atoms with Crippen LogP contribution in [-0.2, 0) is 13.0 Å². The van der Waals surface area contributed by atoms with Crippen molar-refractivity contribution in [3.8, 4) is 22.5 Å². The van der Waals surface area contributed by atoms with Crippen LogP contribution >= 0.6 is 0 Å². The van der Waals surface area contributed by atoms with Crippen molar-refractivity contribution in [3.63, 3.8) is 0 Å². The molecule has 0 amide bonds. The summed E-state index contributed by atoms with van der Waals surface area (Å²) in [4.78, 5) is 0. The van der Waals surface area contributed by atoms with E-state index in [2.05, 4.69) is 91.7 Å². The van der Waals surface area contributed by atoms with E-state index in [0.717, 1.165) is 13.0 Å². The number of imidazole rings is 1. The Balaban J connectivity index is 1.73. The van der Waals surface area contributed by atoms with Gasteiger partial charge in [-0.2, -0.15) is 0 Å². The van der Waals surface area contributed by atoms with Crippen molar-refractivity contribution in [2.45, 2.75) is 65.5 Å². The van der Waals surface area contributed by atoms with Gasteiger partial charge in [0.15, 0.2) is 11.4 Å². The quantitative estimate of drug-likeness (QED) is 0.460. The second-order valence-electron chi connectivity index (χ2n) is 9.93. The van der Waals surface area contributed by atoms with Crippen LogP contribution in [0.2, 0.25) is 0 Å². The summed E-state index contributed by atoms with van der Waals surface area (Å²) in [5.41, 5.74) is 8.79. The topological polar surface area (TPSA) is 8.81 Å². The van der Waals surface area contributed by atoms with Gasteiger partial charge in [-0.05, 0) is 35.8 Å². The Morgan fingerprint density at radius 1 is 0.897 bits per heavy atom. The first-order valence-electron chi connectivity index (χ1n) is 11.3. The predicted molar refractivity (Wildman–Crippen MR) is 120 cm³/mol.